The summed E-state index contributed by atoms with van der Waals surface area (Å²) >= 11 is 11.6. The maximum absolute atomic E-state index is 13.4. The van der Waals surface area contributed by atoms with Crippen molar-refractivity contribution >= 4 is 52.1 Å². The quantitative estimate of drug-likeness (QED) is 0.361. The van der Waals surface area contributed by atoms with Gasteiger partial charge in [0.1, 0.15) is 11.8 Å². The number of thiocarbonyl (C=S) groups is 1. The van der Waals surface area contributed by atoms with Gasteiger partial charge in [0.2, 0.25) is 5.91 Å². The molecule has 1 saturated heterocycles. The Bertz CT molecular complexity index is 1270. The highest BCUT2D eigenvalue weighted by molar-refractivity contribution is 7.80. The third-order valence-corrected chi connectivity index (χ3v) is 6.31. The lowest BCUT2D eigenvalue weighted by molar-refractivity contribution is -0.274. The van der Waals surface area contributed by atoms with Crippen molar-refractivity contribution < 1.29 is 27.5 Å². The highest BCUT2D eigenvalue weighted by Gasteiger charge is 2.43. The van der Waals surface area contributed by atoms with Gasteiger partial charge < -0.3 is 15.0 Å². The second-order valence-corrected chi connectivity index (χ2v) is 9.00. The first kappa shape index (κ1) is 26.4. The Labute approximate surface area is 221 Å². The van der Waals surface area contributed by atoms with Crippen LogP contribution in [0.5, 0.6) is 5.75 Å². The van der Waals surface area contributed by atoms with E-state index >= 15 is 0 Å². The summed E-state index contributed by atoms with van der Waals surface area (Å²) in [7, 11) is 0. The fourth-order valence-electron chi connectivity index (χ4n) is 3.93. The summed E-state index contributed by atoms with van der Waals surface area (Å²) in [6.45, 7) is 0.386. The summed E-state index contributed by atoms with van der Waals surface area (Å²) in [5.41, 5.74) is 1.85. The average Bonchev–Trinajstić information content (AvgIpc) is 3.08. The van der Waals surface area contributed by atoms with Gasteiger partial charge in [0.15, 0.2) is 5.11 Å². The molecule has 2 amide bonds. The Morgan fingerprint density at radius 1 is 1.00 bits per heavy atom. The van der Waals surface area contributed by atoms with Gasteiger partial charge >= 0.3 is 6.36 Å². The topological polar surface area (TPSA) is 61.9 Å². The lowest BCUT2D eigenvalue weighted by Gasteiger charge is -2.24. The van der Waals surface area contributed by atoms with Gasteiger partial charge in [0, 0.05) is 17.3 Å². The van der Waals surface area contributed by atoms with Crippen LogP contribution in [-0.2, 0) is 16.0 Å². The number of anilines is 2. The number of benzene rings is 3. The average molecular weight is 548 g/mol. The molecule has 0 radical (unpaired) electrons. The molecule has 1 aliphatic heterocycles. The Morgan fingerprint density at radius 2 is 1.65 bits per heavy atom. The lowest BCUT2D eigenvalue weighted by atomic mass is 10.1. The van der Waals surface area contributed by atoms with Crippen molar-refractivity contribution in [3.63, 3.8) is 0 Å². The van der Waals surface area contributed by atoms with Crippen LogP contribution in [0.4, 0.5) is 24.5 Å². The predicted octanol–water partition coefficient (Wildman–Crippen LogP) is 5.81. The van der Waals surface area contributed by atoms with E-state index in [4.69, 9.17) is 23.8 Å². The number of amides is 2. The molecule has 37 heavy (non-hydrogen) atoms. The molecule has 0 aliphatic carbocycles. The SMILES string of the molecule is O=C(CC1C(=O)N(c2ccccc2)C(=S)N1CCc1ccc(Cl)cc1)Nc1ccc(OC(F)(F)F)cc1. The largest absolute Gasteiger partial charge is 0.573 e. The molecule has 1 N–H and O–H groups in total. The molecule has 1 unspecified atom stereocenters. The number of carbonyl (C=O) groups is 2. The first-order valence-corrected chi connectivity index (χ1v) is 12.0. The molecule has 0 bridgehead atoms. The van der Waals surface area contributed by atoms with Crippen LogP contribution in [0.3, 0.4) is 0 Å². The molecule has 0 spiro atoms. The van der Waals surface area contributed by atoms with Gasteiger partial charge in [-0.25, -0.2) is 0 Å². The molecular weight excluding hydrogens is 527 g/mol. The summed E-state index contributed by atoms with van der Waals surface area (Å²) in [5, 5.41) is 3.52. The molecule has 11 heteroatoms. The number of alkyl halides is 3. The molecule has 1 aliphatic rings. The predicted molar refractivity (Wildman–Crippen MR) is 139 cm³/mol. The fraction of sp³-hybridized carbons (Fsp3) is 0.192. The zero-order valence-corrected chi connectivity index (χ0v) is 20.8. The van der Waals surface area contributed by atoms with E-state index in [1.807, 2.05) is 18.2 Å². The normalized spacial score (nSPS) is 15.7. The van der Waals surface area contributed by atoms with Crippen molar-refractivity contribution in [1.29, 1.82) is 0 Å². The minimum atomic E-state index is -4.81. The second kappa shape index (κ2) is 11.2. The van der Waals surface area contributed by atoms with Gasteiger partial charge in [0.25, 0.3) is 5.91 Å². The van der Waals surface area contributed by atoms with Gasteiger partial charge in [-0.1, -0.05) is 41.9 Å². The number of halogens is 4. The van der Waals surface area contributed by atoms with Crippen LogP contribution in [0.15, 0.2) is 78.9 Å². The van der Waals surface area contributed by atoms with Gasteiger partial charge in [-0.2, -0.15) is 0 Å². The molecule has 3 aromatic carbocycles. The highest BCUT2D eigenvalue weighted by Crippen LogP contribution is 2.28. The van der Waals surface area contributed by atoms with E-state index in [9.17, 15) is 22.8 Å². The zero-order valence-electron chi connectivity index (χ0n) is 19.2. The standard InChI is InChI=1S/C26H21ClF3N3O3S/c27-18-8-6-17(7-9-18)14-15-32-22(24(35)33(25(32)37)20-4-2-1-3-5-20)16-23(34)31-19-10-12-21(13-11-19)36-26(28,29)30/h1-13,22H,14-16H2,(H,31,34). The Balaban J connectivity index is 1.49. The third-order valence-electron chi connectivity index (χ3n) is 5.64. The number of hydrogen-bond acceptors (Lipinski definition) is 4. The van der Waals surface area contributed by atoms with Crippen LogP contribution in [-0.4, -0.2) is 40.8 Å². The van der Waals surface area contributed by atoms with E-state index in [1.165, 1.54) is 17.0 Å². The fourth-order valence-corrected chi connectivity index (χ4v) is 4.47. The van der Waals surface area contributed by atoms with Crippen LogP contribution in [0.1, 0.15) is 12.0 Å². The Morgan fingerprint density at radius 3 is 2.27 bits per heavy atom. The molecule has 0 aromatic heterocycles. The molecule has 1 atom stereocenters. The van der Waals surface area contributed by atoms with Gasteiger partial charge in [0.05, 0.1) is 12.1 Å². The maximum Gasteiger partial charge on any atom is 0.573 e. The summed E-state index contributed by atoms with van der Waals surface area (Å²) in [6, 6.07) is 20.1. The summed E-state index contributed by atoms with van der Waals surface area (Å²) in [5.74, 6) is -1.23. The van der Waals surface area contributed by atoms with Crippen molar-refractivity contribution in [3.05, 3.63) is 89.4 Å². The van der Waals surface area contributed by atoms with Crippen LogP contribution in [0.25, 0.3) is 0 Å². The van der Waals surface area contributed by atoms with Crippen LogP contribution in [0.2, 0.25) is 5.02 Å². The monoisotopic (exact) mass is 547 g/mol. The van der Waals surface area contributed by atoms with E-state index < -0.39 is 24.1 Å². The molecule has 6 nitrogen and oxygen atoms in total. The zero-order chi connectivity index (χ0) is 26.6. The van der Waals surface area contributed by atoms with Crippen molar-refractivity contribution in [2.24, 2.45) is 0 Å². The van der Waals surface area contributed by atoms with E-state index in [-0.39, 0.29) is 23.1 Å². The molecule has 192 valence electrons. The van der Waals surface area contributed by atoms with E-state index in [0.717, 1.165) is 17.7 Å². The minimum absolute atomic E-state index is 0.205. The van der Waals surface area contributed by atoms with Crippen LogP contribution < -0.4 is 15.0 Å². The molecule has 3 aromatic rings. The summed E-state index contributed by atoms with van der Waals surface area (Å²) in [6.07, 6.45) is -4.46. The minimum Gasteiger partial charge on any atom is -0.406 e. The smallest absolute Gasteiger partial charge is 0.406 e. The van der Waals surface area contributed by atoms with Crippen molar-refractivity contribution in [3.8, 4) is 5.75 Å². The number of ether oxygens (including phenoxy) is 1. The lowest BCUT2D eigenvalue weighted by Crippen LogP contribution is -2.39. The molecule has 0 saturated carbocycles. The van der Waals surface area contributed by atoms with E-state index in [0.29, 0.717) is 23.7 Å². The van der Waals surface area contributed by atoms with E-state index in [1.54, 1.807) is 41.3 Å². The van der Waals surface area contributed by atoms with Gasteiger partial charge in [-0.05, 0) is 72.7 Å². The first-order chi connectivity index (χ1) is 17.6. The van der Waals surface area contributed by atoms with Crippen molar-refractivity contribution in [1.82, 2.24) is 4.90 Å². The van der Waals surface area contributed by atoms with Crippen molar-refractivity contribution in [2.75, 3.05) is 16.8 Å². The number of nitrogens with zero attached hydrogens (tertiary/aromatic N) is 2. The van der Waals surface area contributed by atoms with E-state index in [2.05, 4.69) is 10.1 Å². The van der Waals surface area contributed by atoms with Gasteiger partial charge in [-0.15, -0.1) is 13.2 Å². The maximum atomic E-state index is 13.4. The number of carbonyl (C=O) groups excluding carboxylic acids is 2. The Kier molecular flexibility index (Phi) is 7.99. The molecule has 1 fully saturated rings. The molecule has 1 heterocycles. The van der Waals surface area contributed by atoms with Gasteiger partial charge in [-0.3, -0.25) is 14.5 Å². The first-order valence-electron chi connectivity index (χ1n) is 11.2. The Hall–Kier alpha value is -3.63. The number of para-hydroxylation sites is 1. The van der Waals surface area contributed by atoms with Crippen LogP contribution in [0, 0.1) is 0 Å². The summed E-state index contributed by atoms with van der Waals surface area (Å²) in [4.78, 5) is 29.4. The highest BCUT2D eigenvalue weighted by atomic mass is 35.5. The number of hydrogen-bond donors (Lipinski definition) is 1. The summed E-state index contributed by atoms with van der Waals surface area (Å²) < 4.78 is 41.0. The number of rotatable bonds is 8. The molecule has 4 rings (SSSR count). The third kappa shape index (κ3) is 6.78. The molecular formula is C26H21ClF3N3O3S. The second-order valence-electron chi connectivity index (χ2n) is 8.20. The van der Waals surface area contributed by atoms with Crippen LogP contribution >= 0.6 is 23.8 Å². The van der Waals surface area contributed by atoms with Crippen molar-refractivity contribution in [2.45, 2.75) is 25.2 Å². The number of nitrogens with one attached hydrogen (secondary N) is 1.